The quantitative estimate of drug-likeness (QED) is 0.781. The summed E-state index contributed by atoms with van der Waals surface area (Å²) in [7, 11) is 0. The molecular weight excluding hydrogens is 232 g/mol. The Morgan fingerprint density at radius 2 is 2.46 bits per heavy atom. The summed E-state index contributed by atoms with van der Waals surface area (Å²) in [6, 6.07) is 0. The molecule has 1 fully saturated rings. The van der Waals surface area contributed by atoms with E-state index in [9.17, 15) is 4.79 Å². The van der Waals surface area contributed by atoms with Gasteiger partial charge >= 0.3 is 0 Å². The van der Waals surface area contributed by atoms with Crippen LogP contribution in [0, 0.1) is 5.92 Å². The van der Waals surface area contributed by atoms with Gasteiger partial charge in [-0.25, -0.2) is 0 Å². The molecule has 0 spiro atoms. The second-order valence-electron chi connectivity index (χ2n) is 3.28. The summed E-state index contributed by atoms with van der Waals surface area (Å²) < 4.78 is 0.810. The number of piperidine rings is 1. The van der Waals surface area contributed by atoms with Crippen molar-refractivity contribution in [3.8, 4) is 0 Å². The van der Waals surface area contributed by atoms with Gasteiger partial charge in [0.15, 0.2) is 0 Å². The van der Waals surface area contributed by atoms with E-state index >= 15 is 0 Å². The fraction of sp³-hybridized carbons (Fsp3) is 0.667. The van der Waals surface area contributed by atoms with Crippen molar-refractivity contribution < 1.29 is 4.79 Å². The van der Waals surface area contributed by atoms with E-state index in [0.29, 0.717) is 6.54 Å². The predicted molar refractivity (Wildman–Crippen MR) is 56.7 cm³/mol. The molecule has 1 aliphatic heterocycles. The lowest BCUT2D eigenvalue weighted by Gasteiger charge is -2.21. The van der Waals surface area contributed by atoms with Crippen LogP contribution in [-0.4, -0.2) is 25.5 Å². The van der Waals surface area contributed by atoms with E-state index in [2.05, 4.69) is 33.1 Å². The topological polar surface area (TPSA) is 41.1 Å². The van der Waals surface area contributed by atoms with Gasteiger partial charge in [0.1, 0.15) is 0 Å². The van der Waals surface area contributed by atoms with Crippen LogP contribution >= 0.6 is 15.9 Å². The molecule has 0 aromatic rings. The van der Waals surface area contributed by atoms with Gasteiger partial charge in [0.25, 0.3) is 0 Å². The van der Waals surface area contributed by atoms with E-state index in [0.717, 1.165) is 30.4 Å². The Hall–Kier alpha value is -0.350. The number of hydrogen-bond donors (Lipinski definition) is 2. The van der Waals surface area contributed by atoms with Gasteiger partial charge < -0.3 is 10.6 Å². The first-order valence-corrected chi connectivity index (χ1v) is 5.31. The minimum atomic E-state index is 0.132. The van der Waals surface area contributed by atoms with Crippen LogP contribution in [-0.2, 0) is 4.79 Å². The summed E-state index contributed by atoms with van der Waals surface area (Å²) in [5, 5.41) is 6.03. The number of nitrogens with one attached hydrogen (secondary N) is 2. The molecule has 2 N–H and O–H groups in total. The Balaban J connectivity index is 2.25. The first-order valence-electron chi connectivity index (χ1n) is 4.52. The van der Waals surface area contributed by atoms with Gasteiger partial charge in [0, 0.05) is 17.6 Å². The Kier molecular flexibility index (Phi) is 4.45. The van der Waals surface area contributed by atoms with E-state index in [-0.39, 0.29) is 11.8 Å². The normalized spacial score (nSPS) is 22.4. The molecule has 0 aliphatic carbocycles. The first-order chi connectivity index (χ1) is 6.20. The molecule has 0 aromatic heterocycles. The Morgan fingerprint density at radius 3 is 3.00 bits per heavy atom. The molecule has 0 saturated carbocycles. The maximum atomic E-state index is 11.5. The number of carbonyl (C=O) groups is 1. The number of amides is 1. The standard InChI is InChI=1S/C9H15BrN2O/c1-7(10)5-12-9(13)8-3-2-4-11-6-8/h8,11H,1-6H2,(H,12,13). The van der Waals surface area contributed by atoms with E-state index in [1.54, 1.807) is 0 Å². The van der Waals surface area contributed by atoms with E-state index in [1.807, 2.05) is 0 Å². The van der Waals surface area contributed by atoms with Crippen LogP contribution in [0.15, 0.2) is 11.1 Å². The van der Waals surface area contributed by atoms with Crippen LogP contribution in [0.2, 0.25) is 0 Å². The molecular formula is C9H15BrN2O. The van der Waals surface area contributed by atoms with Crippen LogP contribution in [0.1, 0.15) is 12.8 Å². The molecule has 1 saturated heterocycles. The highest BCUT2D eigenvalue weighted by Crippen LogP contribution is 2.09. The van der Waals surface area contributed by atoms with E-state index < -0.39 is 0 Å². The molecule has 1 aliphatic rings. The average molecular weight is 247 g/mol. The van der Waals surface area contributed by atoms with Crippen molar-refractivity contribution in [2.75, 3.05) is 19.6 Å². The van der Waals surface area contributed by atoms with Crippen molar-refractivity contribution in [3.63, 3.8) is 0 Å². The summed E-state index contributed by atoms with van der Waals surface area (Å²) >= 11 is 3.20. The molecule has 1 atom stereocenters. The Morgan fingerprint density at radius 1 is 1.69 bits per heavy atom. The fourth-order valence-electron chi connectivity index (χ4n) is 1.40. The third kappa shape index (κ3) is 3.91. The highest BCUT2D eigenvalue weighted by atomic mass is 79.9. The molecule has 13 heavy (non-hydrogen) atoms. The van der Waals surface area contributed by atoms with Crippen molar-refractivity contribution in [2.24, 2.45) is 5.92 Å². The zero-order valence-electron chi connectivity index (χ0n) is 7.61. The lowest BCUT2D eigenvalue weighted by atomic mass is 9.99. The third-order valence-electron chi connectivity index (χ3n) is 2.12. The zero-order chi connectivity index (χ0) is 9.68. The van der Waals surface area contributed by atoms with Crippen LogP contribution in [0.25, 0.3) is 0 Å². The molecule has 0 bridgehead atoms. The van der Waals surface area contributed by atoms with Crippen LogP contribution in [0.3, 0.4) is 0 Å². The van der Waals surface area contributed by atoms with Gasteiger partial charge in [-0.3, -0.25) is 4.79 Å². The molecule has 0 aromatic carbocycles. The monoisotopic (exact) mass is 246 g/mol. The van der Waals surface area contributed by atoms with Crippen molar-refractivity contribution in [1.29, 1.82) is 0 Å². The maximum Gasteiger partial charge on any atom is 0.224 e. The molecule has 74 valence electrons. The summed E-state index contributed by atoms with van der Waals surface area (Å²) in [6.45, 7) is 6.02. The zero-order valence-corrected chi connectivity index (χ0v) is 9.19. The second-order valence-corrected chi connectivity index (χ2v) is 4.40. The average Bonchev–Trinajstić information content (AvgIpc) is 2.15. The molecule has 3 nitrogen and oxygen atoms in total. The first kappa shape index (κ1) is 10.7. The SMILES string of the molecule is C=C(Br)CNC(=O)C1CCCNC1. The van der Waals surface area contributed by atoms with Crippen molar-refractivity contribution in [2.45, 2.75) is 12.8 Å². The Bertz CT molecular complexity index is 200. The predicted octanol–water partition coefficient (Wildman–Crippen LogP) is 1.01. The molecule has 4 heteroatoms. The van der Waals surface area contributed by atoms with Crippen LogP contribution < -0.4 is 10.6 Å². The Labute approximate surface area is 87.1 Å². The number of halogens is 1. The summed E-state index contributed by atoms with van der Waals surface area (Å²) in [6.07, 6.45) is 2.08. The number of hydrogen-bond acceptors (Lipinski definition) is 2. The lowest BCUT2D eigenvalue weighted by Crippen LogP contribution is -2.40. The third-order valence-corrected chi connectivity index (χ3v) is 2.40. The summed E-state index contributed by atoms with van der Waals surface area (Å²) in [5.41, 5.74) is 0. The number of rotatable bonds is 3. The smallest absolute Gasteiger partial charge is 0.224 e. The fourth-order valence-corrected chi connectivity index (χ4v) is 1.54. The highest BCUT2D eigenvalue weighted by molar-refractivity contribution is 9.11. The summed E-state index contributed by atoms with van der Waals surface area (Å²) in [4.78, 5) is 11.5. The lowest BCUT2D eigenvalue weighted by molar-refractivity contribution is -0.125. The summed E-state index contributed by atoms with van der Waals surface area (Å²) in [5.74, 6) is 0.272. The van der Waals surface area contributed by atoms with Crippen molar-refractivity contribution in [1.82, 2.24) is 10.6 Å². The van der Waals surface area contributed by atoms with Gasteiger partial charge in [-0.15, -0.1) is 0 Å². The molecule has 1 rings (SSSR count). The van der Waals surface area contributed by atoms with Gasteiger partial charge in [-0.05, 0) is 19.4 Å². The second kappa shape index (κ2) is 5.40. The highest BCUT2D eigenvalue weighted by Gasteiger charge is 2.19. The van der Waals surface area contributed by atoms with E-state index in [1.165, 1.54) is 0 Å². The van der Waals surface area contributed by atoms with Gasteiger partial charge in [0.2, 0.25) is 5.91 Å². The molecule has 1 unspecified atom stereocenters. The largest absolute Gasteiger partial charge is 0.351 e. The van der Waals surface area contributed by atoms with Crippen molar-refractivity contribution in [3.05, 3.63) is 11.1 Å². The van der Waals surface area contributed by atoms with Crippen LogP contribution in [0.5, 0.6) is 0 Å². The van der Waals surface area contributed by atoms with Gasteiger partial charge in [-0.1, -0.05) is 22.5 Å². The van der Waals surface area contributed by atoms with E-state index in [4.69, 9.17) is 0 Å². The minimum Gasteiger partial charge on any atom is -0.351 e. The van der Waals surface area contributed by atoms with Gasteiger partial charge in [-0.2, -0.15) is 0 Å². The van der Waals surface area contributed by atoms with Crippen molar-refractivity contribution >= 4 is 21.8 Å². The molecule has 0 radical (unpaired) electrons. The molecule has 1 amide bonds. The maximum absolute atomic E-state index is 11.5. The van der Waals surface area contributed by atoms with Crippen LogP contribution in [0.4, 0.5) is 0 Å². The minimum absolute atomic E-state index is 0.132. The van der Waals surface area contributed by atoms with Gasteiger partial charge in [0.05, 0.1) is 5.92 Å². The molecule has 1 heterocycles. The number of carbonyl (C=O) groups excluding carboxylic acids is 1.